The average molecular weight is 755 g/mol. The number of nitrogens with two attached hydrogens (primary N) is 1. The van der Waals surface area contributed by atoms with Crippen LogP contribution in [0.15, 0.2) is 84.0 Å². The number of carbonyl (C=O) groups excluding carboxylic acids is 3. The van der Waals surface area contributed by atoms with Gasteiger partial charge in [0.1, 0.15) is 23.9 Å². The second kappa shape index (κ2) is 13.7. The minimum Gasteiger partial charge on any atom is -0.493 e. The quantitative estimate of drug-likeness (QED) is 0.250. The van der Waals surface area contributed by atoms with Crippen molar-refractivity contribution < 1.29 is 47.9 Å². The summed E-state index contributed by atoms with van der Waals surface area (Å²) < 4.78 is 38.0. The van der Waals surface area contributed by atoms with E-state index in [4.69, 9.17) is 34.2 Å². The summed E-state index contributed by atoms with van der Waals surface area (Å²) in [5.74, 6) is -3.21. The van der Waals surface area contributed by atoms with Gasteiger partial charge in [0.2, 0.25) is 0 Å². The Labute approximate surface area is 321 Å². The first-order valence-corrected chi connectivity index (χ1v) is 19.2. The second-order valence-electron chi connectivity index (χ2n) is 16.2. The minimum absolute atomic E-state index is 0.0405. The molecule has 55 heavy (non-hydrogen) atoms. The molecule has 0 radical (unpaired) electrons. The van der Waals surface area contributed by atoms with Gasteiger partial charge in [-0.2, -0.15) is 0 Å². The molecule has 292 valence electrons. The number of rotatable bonds is 10. The van der Waals surface area contributed by atoms with Crippen molar-refractivity contribution in [1.82, 2.24) is 4.90 Å². The first-order chi connectivity index (χ1) is 26.3. The van der Waals surface area contributed by atoms with Crippen molar-refractivity contribution in [2.24, 2.45) is 23.5 Å². The number of ketones is 1. The van der Waals surface area contributed by atoms with Crippen molar-refractivity contribution in [3.63, 3.8) is 0 Å². The standard InChI is InChI=1S/C43H50N2O10/c1-25(2)41-20-27(4)43-32(38(41)53-42(54-41,55-43)22-28-10-7-6-8-11-28)17-30(21-40(49)35(43)16-26(3)37(40)47)24-51-36(46)19-29-13-14-33(34(18-29)50-5)52-39(48)45-15-9-12-31(45)23-44/h6-8,10-11,13-14,16-18,27,31-32,35,38,49H,1,9,12,15,19-24,44H2,2-5H3/t27-,31?,32+,35-,38-,40-,41-,42-,43-/m1/s1. The van der Waals surface area contributed by atoms with Crippen LogP contribution in [0.5, 0.6) is 11.5 Å². The zero-order valence-corrected chi connectivity index (χ0v) is 31.9. The van der Waals surface area contributed by atoms with Crippen LogP contribution in [0.3, 0.4) is 0 Å². The largest absolute Gasteiger partial charge is 0.493 e. The molecule has 3 saturated heterocycles. The van der Waals surface area contributed by atoms with Gasteiger partial charge in [-0.3, -0.25) is 9.59 Å². The Balaban J connectivity index is 1.06. The number of nitrogens with zero attached hydrogens (tertiary/aromatic N) is 1. The summed E-state index contributed by atoms with van der Waals surface area (Å²) in [5.41, 5.74) is 5.43. The predicted molar refractivity (Wildman–Crippen MR) is 200 cm³/mol. The number of Topliss-reactive ketones (excluding diaryl/α,β-unsaturated/α-hetero) is 1. The number of carbonyl (C=O) groups is 3. The first kappa shape index (κ1) is 37.6. The third kappa shape index (κ3) is 5.96. The molecule has 3 aliphatic carbocycles. The number of amides is 1. The van der Waals surface area contributed by atoms with E-state index in [0.717, 1.165) is 24.0 Å². The van der Waals surface area contributed by atoms with Gasteiger partial charge >= 0.3 is 12.1 Å². The minimum atomic E-state index is -1.83. The van der Waals surface area contributed by atoms with Gasteiger partial charge < -0.3 is 44.2 Å². The normalized spacial score (nSPS) is 35.7. The number of esters is 1. The monoisotopic (exact) mass is 754 g/mol. The fraction of sp³-hybridized carbons (Fsp3) is 0.512. The number of hydrogen-bond donors (Lipinski definition) is 2. The van der Waals surface area contributed by atoms with Crippen LogP contribution >= 0.6 is 0 Å². The molecule has 1 saturated carbocycles. The number of ether oxygens (including phenoxy) is 6. The highest BCUT2D eigenvalue weighted by molar-refractivity contribution is 6.05. The predicted octanol–water partition coefficient (Wildman–Crippen LogP) is 4.96. The van der Waals surface area contributed by atoms with Crippen molar-refractivity contribution >= 4 is 17.8 Å². The van der Waals surface area contributed by atoms with E-state index in [1.54, 1.807) is 30.0 Å². The third-order valence-electron chi connectivity index (χ3n) is 12.8. The highest BCUT2D eigenvalue weighted by Gasteiger charge is 2.79. The van der Waals surface area contributed by atoms with E-state index in [9.17, 15) is 19.5 Å². The molecular weight excluding hydrogens is 704 g/mol. The van der Waals surface area contributed by atoms with Crippen LogP contribution in [0.25, 0.3) is 0 Å². The van der Waals surface area contributed by atoms with E-state index < -0.39 is 52.8 Å². The third-order valence-corrected chi connectivity index (χ3v) is 12.8. The molecule has 0 spiro atoms. The smallest absolute Gasteiger partial charge is 0.415 e. The SMILES string of the molecule is C=C(C)[C@]12C[C@@H](C)[C@@]34O[C@](Cc5ccccc5)(O[C@@H]1[C@@H]3C=C(COC(=O)Cc1ccc(OC(=O)N3CCCC3CN)c(OC)c1)C[C@]1(O)C(=O)C(C)=C[C@@H]41)O2. The number of hydrogen-bond acceptors (Lipinski definition) is 11. The number of aliphatic hydroxyl groups is 1. The van der Waals surface area contributed by atoms with E-state index in [2.05, 4.69) is 13.5 Å². The molecule has 8 rings (SSSR count). The zero-order valence-electron chi connectivity index (χ0n) is 31.9. The van der Waals surface area contributed by atoms with Crippen molar-refractivity contribution in [3.8, 4) is 11.5 Å². The molecule has 2 aromatic carbocycles. The first-order valence-electron chi connectivity index (χ1n) is 19.2. The lowest BCUT2D eigenvalue weighted by Crippen LogP contribution is -2.70. The highest BCUT2D eigenvalue weighted by atomic mass is 16.9. The Kier molecular flexibility index (Phi) is 9.36. The molecule has 0 aromatic heterocycles. The van der Waals surface area contributed by atoms with Gasteiger partial charge in [-0.05, 0) is 79.0 Å². The Morgan fingerprint density at radius 2 is 1.87 bits per heavy atom. The Morgan fingerprint density at radius 1 is 1.09 bits per heavy atom. The fourth-order valence-corrected chi connectivity index (χ4v) is 10.3. The number of fused-ring (bicyclic) bond motifs is 2. The molecule has 3 N–H and O–H groups in total. The van der Waals surface area contributed by atoms with Gasteiger partial charge in [-0.15, -0.1) is 0 Å². The summed E-state index contributed by atoms with van der Waals surface area (Å²) in [6.07, 6.45) is 5.20. The molecule has 12 nitrogen and oxygen atoms in total. The van der Waals surface area contributed by atoms with Gasteiger partial charge in [-0.1, -0.05) is 62.1 Å². The van der Waals surface area contributed by atoms with Crippen LogP contribution in [0.4, 0.5) is 4.79 Å². The summed E-state index contributed by atoms with van der Waals surface area (Å²) >= 11 is 0. The Morgan fingerprint density at radius 3 is 2.60 bits per heavy atom. The van der Waals surface area contributed by atoms with E-state index in [-0.39, 0.29) is 42.9 Å². The maximum Gasteiger partial charge on any atom is 0.415 e. The van der Waals surface area contributed by atoms with Crippen molar-refractivity contribution in [3.05, 3.63) is 95.1 Å². The van der Waals surface area contributed by atoms with Crippen LogP contribution < -0.4 is 15.2 Å². The summed E-state index contributed by atoms with van der Waals surface area (Å²) in [6.45, 7) is 10.9. The van der Waals surface area contributed by atoms with E-state index in [0.29, 0.717) is 48.4 Å². The summed E-state index contributed by atoms with van der Waals surface area (Å²) in [5, 5.41) is 12.5. The van der Waals surface area contributed by atoms with Gasteiger partial charge in [0, 0.05) is 37.4 Å². The zero-order chi connectivity index (χ0) is 38.9. The maximum atomic E-state index is 13.9. The molecule has 3 bridgehead atoms. The van der Waals surface area contributed by atoms with Gasteiger partial charge in [0.05, 0.1) is 25.6 Å². The fourth-order valence-electron chi connectivity index (χ4n) is 10.3. The molecule has 9 atom stereocenters. The highest BCUT2D eigenvalue weighted by Crippen LogP contribution is 2.68. The molecule has 12 heteroatoms. The van der Waals surface area contributed by atoms with E-state index in [1.807, 2.05) is 49.4 Å². The molecule has 3 heterocycles. The molecule has 3 aliphatic heterocycles. The van der Waals surface area contributed by atoms with Crippen LogP contribution in [0.2, 0.25) is 0 Å². The molecule has 6 aliphatic rings. The number of benzene rings is 2. The van der Waals surface area contributed by atoms with Gasteiger partial charge in [0.25, 0.3) is 5.97 Å². The molecule has 2 aromatic rings. The summed E-state index contributed by atoms with van der Waals surface area (Å²) in [7, 11) is 1.46. The molecular formula is C43H50N2O10. The topological polar surface area (TPSA) is 156 Å². The lowest BCUT2D eigenvalue weighted by atomic mass is 9.55. The van der Waals surface area contributed by atoms with Gasteiger partial charge in [-0.25, -0.2) is 4.79 Å². The molecule has 4 fully saturated rings. The van der Waals surface area contributed by atoms with Crippen LogP contribution in [-0.2, 0) is 41.4 Å². The molecule has 1 amide bonds. The Bertz CT molecular complexity index is 1980. The average Bonchev–Trinajstić information content (AvgIpc) is 3.77. The van der Waals surface area contributed by atoms with E-state index >= 15 is 0 Å². The van der Waals surface area contributed by atoms with E-state index in [1.165, 1.54) is 7.11 Å². The number of methoxy groups -OCH3 is 1. The molecule has 1 unspecified atom stereocenters. The second-order valence-corrected chi connectivity index (χ2v) is 16.2. The van der Waals surface area contributed by atoms with Crippen LogP contribution in [0.1, 0.15) is 57.6 Å². The van der Waals surface area contributed by atoms with Crippen molar-refractivity contribution in [1.29, 1.82) is 0 Å². The van der Waals surface area contributed by atoms with Crippen molar-refractivity contribution in [2.75, 3.05) is 26.8 Å². The van der Waals surface area contributed by atoms with Crippen molar-refractivity contribution in [2.45, 2.75) is 94.2 Å². The van der Waals surface area contributed by atoms with Gasteiger partial charge in [0.15, 0.2) is 17.3 Å². The van der Waals surface area contributed by atoms with Crippen LogP contribution in [0, 0.1) is 17.8 Å². The summed E-state index contributed by atoms with van der Waals surface area (Å²) in [6, 6.07) is 14.7. The van der Waals surface area contributed by atoms with Crippen LogP contribution in [-0.4, -0.2) is 89.6 Å². The maximum absolute atomic E-state index is 13.9. The lowest BCUT2D eigenvalue weighted by molar-refractivity contribution is -0.421. The number of likely N-dealkylation sites (tertiary alicyclic amines) is 1. The summed E-state index contributed by atoms with van der Waals surface area (Å²) in [4.78, 5) is 41.8. The Hall–Kier alpha value is -4.33. The lowest BCUT2D eigenvalue weighted by Gasteiger charge is -2.59.